The molecule has 37 heavy (non-hydrogen) atoms. The number of anilines is 1. The van der Waals surface area contributed by atoms with Crippen LogP contribution in [0.1, 0.15) is 27.9 Å². The van der Waals surface area contributed by atoms with E-state index in [1.54, 1.807) is 37.3 Å². The summed E-state index contributed by atoms with van der Waals surface area (Å²) in [5, 5.41) is 16.2. The highest BCUT2D eigenvalue weighted by Gasteiger charge is 2.19. The number of fused-ring (bicyclic) bond motifs is 2. The highest BCUT2D eigenvalue weighted by molar-refractivity contribution is 6.05. The van der Waals surface area contributed by atoms with Crippen molar-refractivity contribution in [1.82, 2.24) is 5.32 Å². The first-order chi connectivity index (χ1) is 17.9. The van der Waals surface area contributed by atoms with Crippen LogP contribution in [0.15, 0.2) is 75.9 Å². The van der Waals surface area contributed by atoms with Gasteiger partial charge >= 0.3 is 0 Å². The van der Waals surface area contributed by atoms with Gasteiger partial charge in [-0.2, -0.15) is 0 Å². The molecule has 8 heteroatoms. The molecule has 2 heterocycles. The van der Waals surface area contributed by atoms with Crippen LogP contribution in [-0.2, 0) is 11.2 Å². The number of aryl methyl sites for hydroxylation is 1. The van der Waals surface area contributed by atoms with E-state index in [9.17, 15) is 19.5 Å². The van der Waals surface area contributed by atoms with Crippen molar-refractivity contribution in [3.8, 4) is 17.1 Å². The lowest BCUT2D eigenvalue weighted by molar-refractivity contribution is -0.116. The number of ether oxygens (including phenoxy) is 1. The van der Waals surface area contributed by atoms with Crippen LogP contribution >= 0.6 is 0 Å². The molecule has 1 atom stereocenters. The molecule has 2 amide bonds. The molecule has 0 saturated carbocycles. The van der Waals surface area contributed by atoms with Gasteiger partial charge in [-0.15, -0.1) is 0 Å². The molecule has 0 aliphatic carbocycles. The molecule has 4 aromatic rings. The summed E-state index contributed by atoms with van der Waals surface area (Å²) < 4.78 is 11.8. The fourth-order valence-corrected chi connectivity index (χ4v) is 4.36. The topological polar surface area (TPSA) is 118 Å². The van der Waals surface area contributed by atoms with Gasteiger partial charge in [0.2, 0.25) is 5.91 Å². The number of hydrogen-bond acceptors (Lipinski definition) is 6. The first-order valence-corrected chi connectivity index (χ1v) is 12.0. The molecule has 0 radical (unpaired) electrons. The second-order valence-electron chi connectivity index (χ2n) is 8.98. The molecule has 8 nitrogen and oxygen atoms in total. The molecular weight excluding hydrogens is 472 g/mol. The van der Waals surface area contributed by atoms with Crippen molar-refractivity contribution in [2.24, 2.45) is 0 Å². The van der Waals surface area contributed by atoms with E-state index in [0.717, 1.165) is 16.8 Å². The number of aliphatic hydroxyl groups excluding tert-OH is 1. The number of para-hydroxylation sites is 1. The van der Waals surface area contributed by atoms with E-state index < -0.39 is 12.0 Å². The molecule has 1 aromatic heterocycles. The maximum Gasteiger partial charge on any atom is 0.255 e. The lowest BCUT2D eigenvalue weighted by Crippen LogP contribution is -2.35. The van der Waals surface area contributed by atoms with Gasteiger partial charge in [0, 0.05) is 29.8 Å². The predicted octanol–water partition coefficient (Wildman–Crippen LogP) is 3.82. The number of carbonyl (C=O) groups excluding carboxylic acids is 2. The van der Waals surface area contributed by atoms with Crippen LogP contribution in [0.2, 0.25) is 0 Å². The van der Waals surface area contributed by atoms with Crippen LogP contribution in [0, 0.1) is 6.92 Å². The summed E-state index contributed by atoms with van der Waals surface area (Å²) in [6, 6.07) is 19.4. The number of carbonyl (C=O) groups is 2. The van der Waals surface area contributed by atoms with Gasteiger partial charge in [0.15, 0.2) is 11.0 Å². The Morgan fingerprint density at radius 1 is 1.08 bits per heavy atom. The van der Waals surface area contributed by atoms with Gasteiger partial charge in [0.25, 0.3) is 5.91 Å². The fourth-order valence-electron chi connectivity index (χ4n) is 4.36. The Balaban J connectivity index is 1.28. The highest BCUT2D eigenvalue weighted by Crippen LogP contribution is 2.28. The third kappa shape index (κ3) is 5.10. The normalized spacial score (nSPS) is 13.5. The molecular formula is C29H26N2O6. The first kappa shape index (κ1) is 24.3. The molecule has 0 fully saturated rings. The Labute approximate surface area is 212 Å². The zero-order chi connectivity index (χ0) is 25.9. The molecule has 1 aliphatic heterocycles. The molecule has 0 bridgehead atoms. The average Bonchev–Trinajstić information content (AvgIpc) is 2.92. The van der Waals surface area contributed by atoms with Crippen molar-refractivity contribution in [2.45, 2.75) is 25.9 Å². The van der Waals surface area contributed by atoms with Gasteiger partial charge in [-0.05, 0) is 49.2 Å². The molecule has 3 N–H and O–H groups in total. The van der Waals surface area contributed by atoms with Gasteiger partial charge < -0.3 is 24.9 Å². The van der Waals surface area contributed by atoms with Crippen molar-refractivity contribution in [3.63, 3.8) is 0 Å². The summed E-state index contributed by atoms with van der Waals surface area (Å²) in [6.07, 6.45) is 0.0823. The van der Waals surface area contributed by atoms with Crippen molar-refractivity contribution >= 4 is 28.5 Å². The van der Waals surface area contributed by atoms with Crippen molar-refractivity contribution < 1.29 is 23.8 Å². The van der Waals surface area contributed by atoms with Crippen LogP contribution in [-0.4, -0.2) is 36.2 Å². The Morgan fingerprint density at radius 2 is 1.89 bits per heavy atom. The highest BCUT2D eigenvalue weighted by atomic mass is 16.5. The number of benzene rings is 3. The van der Waals surface area contributed by atoms with Gasteiger partial charge in [-0.1, -0.05) is 36.4 Å². The summed E-state index contributed by atoms with van der Waals surface area (Å²) in [7, 11) is 0. The Hall–Kier alpha value is -4.43. The second kappa shape index (κ2) is 10.3. The molecule has 1 aliphatic rings. The third-order valence-electron chi connectivity index (χ3n) is 6.34. The minimum atomic E-state index is -0.969. The van der Waals surface area contributed by atoms with E-state index in [1.807, 2.05) is 36.4 Å². The standard InChI is InChI=1S/C29H26N2O6/c1-17-26(34)22-8-5-9-23(28(22)37-27(17)18-6-3-2-4-7-18)29(35)30-15-20(32)16-36-21-11-12-24-19(14-21)10-13-25(33)31-24/h2-9,11-12,14,20,32H,10,13,15-16H2,1H3,(H,30,35)(H,31,33). The summed E-state index contributed by atoms with van der Waals surface area (Å²) >= 11 is 0. The molecule has 3 aromatic carbocycles. The summed E-state index contributed by atoms with van der Waals surface area (Å²) in [4.78, 5) is 37.5. The monoisotopic (exact) mass is 498 g/mol. The zero-order valence-corrected chi connectivity index (χ0v) is 20.2. The quantitative estimate of drug-likeness (QED) is 0.357. The molecule has 5 rings (SSSR count). The van der Waals surface area contributed by atoms with Crippen molar-refractivity contribution in [2.75, 3.05) is 18.5 Å². The summed E-state index contributed by atoms with van der Waals surface area (Å²) in [6.45, 7) is 1.61. The number of amides is 2. The summed E-state index contributed by atoms with van der Waals surface area (Å²) in [5.74, 6) is 0.501. The Bertz CT molecular complexity index is 1540. The van der Waals surface area contributed by atoms with Crippen molar-refractivity contribution in [1.29, 1.82) is 0 Å². The molecule has 188 valence electrons. The predicted molar refractivity (Wildman–Crippen MR) is 140 cm³/mol. The zero-order valence-electron chi connectivity index (χ0n) is 20.2. The van der Waals surface area contributed by atoms with Gasteiger partial charge in [0.1, 0.15) is 24.2 Å². The average molecular weight is 499 g/mol. The van der Waals surface area contributed by atoms with Crippen LogP contribution < -0.4 is 20.8 Å². The largest absolute Gasteiger partial charge is 0.491 e. The van der Waals surface area contributed by atoms with Crippen LogP contribution in [0.5, 0.6) is 5.75 Å². The van der Waals surface area contributed by atoms with Crippen molar-refractivity contribution in [3.05, 3.63) is 93.6 Å². The minimum Gasteiger partial charge on any atom is -0.491 e. The lowest BCUT2D eigenvalue weighted by Gasteiger charge is -2.18. The van der Waals surface area contributed by atoms with E-state index in [2.05, 4.69) is 10.6 Å². The maximum atomic E-state index is 13.0. The first-order valence-electron chi connectivity index (χ1n) is 12.0. The SMILES string of the molecule is Cc1c(-c2ccccc2)oc2c(C(=O)NCC(O)COc3ccc4c(c3)CCC(=O)N4)cccc2c1=O. The van der Waals surface area contributed by atoms with Crippen LogP contribution in [0.3, 0.4) is 0 Å². The van der Waals surface area contributed by atoms with Gasteiger partial charge in [0.05, 0.1) is 10.9 Å². The van der Waals surface area contributed by atoms with E-state index in [0.29, 0.717) is 35.3 Å². The van der Waals surface area contributed by atoms with Gasteiger partial charge in [-0.25, -0.2) is 0 Å². The molecule has 0 saturated heterocycles. The number of aliphatic hydroxyl groups is 1. The van der Waals surface area contributed by atoms with Crippen LogP contribution in [0.4, 0.5) is 5.69 Å². The Kier molecular flexibility index (Phi) is 6.74. The maximum absolute atomic E-state index is 13.0. The second-order valence-corrected chi connectivity index (χ2v) is 8.98. The molecule has 0 spiro atoms. The third-order valence-corrected chi connectivity index (χ3v) is 6.34. The van der Waals surface area contributed by atoms with E-state index in [1.165, 1.54) is 0 Å². The Morgan fingerprint density at radius 3 is 2.70 bits per heavy atom. The number of hydrogen-bond donors (Lipinski definition) is 3. The fraction of sp³-hybridized carbons (Fsp3) is 0.207. The summed E-state index contributed by atoms with van der Waals surface area (Å²) in [5.41, 5.74) is 3.15. The molecule has 1 unspecified atom stereocenters. The number of rotatable bonds is 7. The van der Waals surface area contributed by atoms with E-state index in [4.69, 9.17) is 9.15 Å². The van der Waals surface area contributed by atoms with Gasteiger partial charge in [-0.3, -0.25) is 14.4 Å². The van der Waals surface area contributed by atoms with E-state index in [-0.39, 0.29) is 35.6 Å². The van der Waals surface area contributed by atoms with Crippen LogP contribution in [0.25, 0.3) is 22.3 Å². The smallest absolute Gasteiger partial charge is 0.255 e. The minimum absolute atomic E-state index is 0.00998. The number of nitrogens with one attached hydrogen (secondary N) is 2. The van der Waals surface area contributed by atoms with E-state index >= 15 is 0 Å². The lowest BCUT2D eigenvalue weighted by atomic mass is 10.0.